The lowest BCUT2D eigenvalue weighted by Gasteiger charge is -2.12. The Hall–Kier alpha value is -1.36. The number of esters is 1. The van der Waals surface area contributed by atoms with Crippen LogP contribution in [0.3, 0.4) is 0 Å². The molecule has 0 heterocycles. The lowest BCUT2D eigenvalue weighted by atomic mass is 10.1. The van der Waals surface area contributed by atoms with Crippen molar-refractivity contribution >= 4 is 23.4 Å². The number of benzene rings is 1. The van der Waals surface area contributed by atoms with Crippen molar-refractivity contribution in [1.82, 2.24) is 0 Å². The van der Waals surface area contributed by atoms with E-state index in [2.05, 4.69) is 6.92 Å². The molecule has 0 atom stereocenters. The van der Waals surface area contributed by atoms with E-state index in [0.717, 1.165) is 17.9 Å². The Labute approximate surface area is 118 Å². The van der Waals surface area contributed by atoms with Gasteiger partial charge in [-0.05, 0) is 37.0 Å². The van der Waals surface area contributed by atoms with Crippen LogP contribution in [0.5, 0.6) is 5.75 Å². The molecule has 0 amide bonds. The third-order valence-corrected chi connectivity index (χ3v) is 3.42. The number of ether oxygens (including phenoxy) is 2. The molecule has 0 aromatic heterocycles. The van der Waals surface area contributed by atoms with E-state index in [1.807, 2.05) is 18.7 Å². The summed E-state index contributed by atoms with van der Waals surface area (Å²) in [7, 11) is 0. The molecule has 106 valence electrons. The van der Waals surface area contributed by atoms with Gasteiger partial charge in [0.05, 0.1) is 13.2 Å². The maximum Gasteiger partial charge on any atom is 0.344 e. The van der Waals surface area contributed by atoms with Crippen LogP contribution < -0.4 is 10.5 Å². The van der Waals surface area contributed by atoms with Crippen LogP contribution in [-0.4, -0.2) is 30.7 Å². The summed E-state index contributed by atoms with van der Waals surface area (Å²) in [4.78, 5) is 12.0. The van der Waals surface area contributed by atoms with Gasteiger partial charge in [-0.1, -0.05) is 13.0 Å². The predicted molar refractivity (Wildman–Crippen MR) is 79.9 cm³/mol. The largest absolute Gasteiger partial charge is 0.493 e. The van der Waals surface area contributed by atoms with Gasteiger partial charge in [0.2, 0.25) is 0 Å². The molecule has 0 saturated heterocycles. The second-order valence-corrected chi connectivity index (χ2v) is 5.23. The van der Waals surface area contributed by atoms with E-state index < -0.39 is 5.97 Å². The normalized spacial score (nSPS) is 10.2. The van der Waals surface area contributed by atoms with Gasteiger partial charge in [-0.2, -0.15) is 11.8 Å². The van der Waals surface area contributed by atoms with Crippen molar-refractivity contribution in [2.24, 2.45) is 0 Å². The zero-order valence-electron chi connectivity index (χ0n) is 11.5. The molecule has 0 saturated carbocycles. The smallest absolute Gasteiger partial charge is 0.344 e. The van der Waals surface area contributed by atoms with Gasteiger partial charge in [0.15, 0.2) is 0 Å². The molecule has 0 radical (unpaired) electrons. The minimum atomic E-state index is -0.414. The number of nitrogens with two attached hydrogens (primary N) is 1. The highest BCUT2D eigenvalue weighted by atomic mass is 32.2. The van der Waals surface area contributed by atoms with E-state index in [9.17, 15) is 4.79 Å². The first-order valence-electron chi connectivity index (χ1n) is 6.46. The number of hydrogen-bond donors (Lipinski definition) is 1. The molecule has 5 heteroatoms. The van der Waals surface area contributed by atoms with Crippen LogP contribution in [0.1, 0.15) is 30.6 Å². The summed E-state index contributed by atoms with van der Waals surface area (Å²) in [5, 5.41) is 0. The Balaban J connectivity index is 2.60. The summed E-state index contributed by atoms with van der Waals surface area (Å²) in [5.74, 6) is 2.14. The van der Waals surface area contributed by atoms with Gasteiger partial charge < -0.3 is 15.2 Å². The van der Waals surface area contributed by atoms with Crippen molar-refractivity contribution in [3.63, 3.8) is 0 Å². The van der Waals surface area contributed by atoms with E-state index in [4.69, 9.17) is 15.2 Å². The highest BCUT2D eigenvalue weighted by Gasteiger charge is 2.17. The van der Waals surface area contributed by atoms with Crippen LogP contribution in [0.2, 0.25) is 0 Å². The second kappa shape index (κ2) is 8.69. The Morgan fingerprint density at radius 2 is 2.16 bits per heavy atom. The van der Waals surface area contributed by atoms with Crippen LogP contribution in [0.15, 0.2) is 18.2 Å². The summed E-state index contributed by atoms with van der Waals surface area (Å²) in [6, 6.07) is 5.16. The molecular formula is C14H21NO3S. The van der Waals surface area contributed by atoms with Crippen LogP contribution >= 0.6 is 11.8 Å². The van der Waals surface area contributed by atoms with E-state index in [1.165, 1.54) is 0 Å². The van der Waals surface area contributed by atoms with Gasteiger partial charge in [0, 0.05) is 5.69 Å². The standard InChI is InChI=1S/C14H21NO3S/c1-3-17-12-8-5-7-11(15)13(12)14(16)18-9-6-10-19-4-2/h5,7-8H,3-4,6,9-10,15H2,1-2H3. The Morgan fingerprint density at radius 1 is 1.37 bits per heavy atom. The summed E-state index contributed by atoms with van der Waals surface area (Å²) in [6.45, 7) is 4.86. The first-order chi connectivity index (χ1) is 9.20. The van der Waals surface area contributed by atoms with Gasteiger partial charge in [0.25, 0.3) is 0 Å². The van der Waals surface area contributed by atoms with Crippen LogP contribution in [0, 0.1) is 0 Å². The summed E-state index contributed by atoms with van der Waals surface area (Å²) < 4.78 is 10.6. The number of hydrogen-bond acceptors (Lipinski definition) is 5. The number of thioether (sulfide) groups is 1. The lowest BCUT2D eigenvalue weighted by molar-refractivity contribution is 0.0503. The molecule has 1 aromatic carbocycles. The highest BCUT2D eigenvalue weighted by Crippen LogP contribution is 2.25. The highest BCUT2D eigenvalue weighted by molar-refractivity contribution is 7.99. The van der Waals surface area contributed by atoms with Gasteiger partial charge >= 0.3 is 5.97 Å². The van der Waals surface area contributed by atoms with Crippen molar-refractivity contribution in [1.29, 1.82) is 0 Å². The zero-order valence-corrected chi connectivity index (χ0v) is 12.3. The van der Waals surface area contributed by atoms with Gasteiger partial charge in [-0.25, -0.2) is 4.79 Å². The molecule has 0 spiro atoms. The fourth-order valence-electron chi connectivity index (χ4n) is 1.58. The first-order valence-corrected chi connectivity index (χ1v) is 7.62. The number of carbonyl (C=O) groups excluding carboxylic acids is 1. The molecule has 0 aliphatic heterocycles. The maximum atomic E-state index is 12.0. The number of nitrogen functional groups attached to an aromatic ring is 1. The topological polar surface area (TPSA) is 61.5 Å². The van der Waals surface area contributed by atoms with Crippen molar-refractivity contribution in [2.45, 2.75) is 20.3 Å². The van der Waals surface area contributed by atoms with Gasteiger partial charge in [0.1, 0.15) is 11.3 Å². The SMILES string of the molecule is CCOc1cccc(N)c1C(=O)OCCCSCC. The second-order valence-electron chi connectivity index (χ2n) is 3.84. The lowest BCUT2D eigenvalue weighted by Crippen LogP contribution is -2.12. The van der Waals surface area contributed by atoms with Crippen molar-refractivity contribution < 1.29 is 14.3 Å². The number of carbonyl (C=O) groups is 1. The molecule has 0 unspecified atom stereocenters. The third kappa shape index (κ3) is 5.03. The molecule has 1 rings (SSSR count). The average molecular weight is 283 g/mol. The van der Waals surface area contributed by atoms with Gasteiger partial charge in [-0.15, -0.1) is 0 Å². The predicted octanol–water partition coefficient (Wildman–Crippen LogP) is 2.97. The summed E-state index contributed by atoms with van der Waals surface area (Å²) in [5.41, 5.74) is 6.53. The Morgan fingerprint density at radius 3 is 2.84 bits per heavy atom. The summed E-state index contributed by atoms with van der Waals surface area (Å²) in [6.07, 6.45) is 0.848. The number of rotatable bonds is 8. The molecule has 0 fully saturated rings. The molecule has 0 aliphatic rings. The van der Waals surface area contributed by atoms with E-state index in [1.54, 1.807) is 18.2 Å². The molecule has 0 bridgehead atoms. The van der Waals surface area contributed by atoms with Crippen LogP contribution in [0.4, 0.5) is 5.69 Å². The molecule has 2 N–H and O–H groups in total. The van der Waals surface area contributed by atoms with Crippen molar-refractivity contribution in [3.8, 4) is 5.75 Å². The fourth-order valence-corrected chi connectivity index (χ4v) is 2.20. The Bertz CT molecular complexity index is 410. The Kier molecular flexibility index (Phi) is 7.18. The average Bonchev–Trinajstić information content (AvgIpc) is 2.39. The third-order valence-electron chi connectivity index (χ3n) is 2.43. The summed E-state index contributed by atoms with van der Waals surface area (Å²) >= 11 is 1.83. The van der Waals surface area contributed by atoms with Crippen LogP contribution in [0.25, 0.3) is 0 Å². The maximum absolute atomic E-state index is 12.0. The molecule has 4 nitrogen and oxygen atoms in total. The molecule has 19 heavy (non-hydrogen) atoms. The molecular weight excluding hydrogens is 262 g/mol. The fraction of sp³-hybridized carbons (Fsp3) is 0.500. The minimum Gasteiger partial charge on any atom is -0.493 e. The van der Waals surface area contributed by atoms with Crippen LogP contribution in [-0.2, 0) is 4.74 Å². The van der Waals surface area contributed by atoms with E-state index in [0.29, 0.717) is 30.2 Å². The van der Waals surface area contributed by atoms with Crippen molar-refractivity contribution in [3.05, 3.63) is 23.8 Å². The molecule has 1 aromatic rings. The number of anilines is 1. The van der Waals surface area contributed by atoms with E-state index >= 15 is 0 Å². The molecule has 0 aliphatic carbocycles. The monoisotopic (exact) mass is 283 g/mol. The zero-order chi connectivity index (χ0) is 14.1. The van der Waals surface area contributed by atoms with E-state index in [-0.39, 0.29) is 0 Å². The minimum absolute atomic E-state index is 0.326. The first kappa shape index (κ1) is 15.7. The van der Waals surface area contributed by atoms with Crippen molar-refractivity contribution in [2.75, 3.05) is 30.5 Å². The quantitative estimate of drug-likeness (QED) is 0.451. The van der Waals surface area contributed by atoms with Gasteiger partial charge in [-0.3, -0.25) is 0 Å².